The highest BCUT2D eigenvalue weighted by Crippen LogP contribution is 2.48. The molecule has 5 heteroatoms. The Hall–Kier alpha value is -2.95. The number of hydrogen-bond donors (Lipinski definition) is 1. The zero-order chi connectivity index (χ0) is 20.9. The maximum absolute atomic E-state index is 13.6. The first-order valence-corrected chi connectivity index (χ1v) is 10.4. The minimum Gasteiger partial charge on any atom is -0.375 e. The Kier molecular flexibility index (Phi) is 4.49. The normalized spacial score (nSPS) is 22.7. The Labute approximate surface area is 179 Å². The first-order valence-electron chi connectivity index (χ1n) is 10.0. The minimum absolute atomic E-state index is 0.174. The number of aliphatic hydroxyl groups is 1. The van der Waals surface area contributed by atoms with E-state index >= 15 is 0 Å². The Balaban J connectivity index is 1.57. The molecule has 1 N–H and O–H groups in total. The van der Waals surface area contributed by atoms with E-state index in [4.69, 9.17) is 11.6 Å². The van der Waals surface area contributed by atoms with Crippen LogP contribution in [0.1, 0.15) is 33.5 Å². The van der Waals surface area contributed by atoms with Crippen molar-refractivity contribution in [3.63, 3.8) is 0 Å². The van der Waals surface area contributed by atoms with Crippen LogP contribution in [0.3, 0.4) is 0 Å². The summed E-state index contributed by atoms with van der Waals surface area (Å²) >= 11 is 6.11. The van der Waals surface area contributed by atoms with Crippen LogP contribution in [0, 0.1) is 5.92 Å². The van der Waals surface area contributed by atoms with Crippen LogP contribution in [0.25, 0.3) is 0 Å². The van der Waals surface area contributed by atoms with Gasteiger partial charge in [-0.1, -0.05) is 66.2 Å². The first kappa shape index (κ1) is 19.0. The van der Waals surface area contributed by atoms with E-state index in [9.17, 15) is 14.7 Å². The van der Waals surface area contributed by atoms with Gasteiger partial charge in [0, 0.05) is 16.1 Å². The van der Waals surface area contributed by atoms with Crippen LogP contribution in [0.5, 0.6) is 0 Å². The lowest BCUT2D eigenvalue weighted by Gasteiger charge is -2.34. The topological polar surface area (TPSA) is 57.6 Å². The van der Waals surface area contributed by atoms with Crippen molar-refractivity contribution in [1.29, 1.82) is 0 Å². The Bertz CT molecular complexity index is 1170. The average Bonchev–Trinajstić information content (AvgIpc) is 2.97. The van der Waals surface area contributed by atoms with Crippen LogP contribution in [0.15, 0.2) is 72.8 Å². The summed E-state index contributed by atoms with van der Waals surface area (Å²) in [6.07, 6.45) is 1.08. The highest BCUT2D eigenvalue weighted by atomic mass is 35.5. The fraction of sp³-hybridized carbons (Fsp3) is 0.200. The SMILES string of the molecule is O=C1c2ccccc2CC[C@@H]1[C@@]1(O)C(=O)N(Cc2cccc(Cl)c2)c2ccccc21. The third-order valence-electron chi connectivity index (χ3n) is 6.21. The number of rotatable bonds is 3. The van der Waals surface area contributed by atoms with Crippen molar-refractivity contribution in [2.24, 2.45) is 5.92 Å². The van der Waals surface area contributed by atoms with Crippen LogP contribution in [-0.2, 0) is 23.4 Å². The van der Waals surface area contributed by atoms with Gasteiger partial charge in [-0.2, -0.15) is 0 Å². The van der Waals surface area contributed by atoms with Crippen molar-refractivity contribution in [2.75, 3.05) is 4.90 Å². The Morgan fingerprint density at radius 1 is 1.00 bits per heavy atom. The van der Waals surface area contributed by atoms with Gasteiger partial charge >= 0.3 is 0 Å². The molecule has 1 amide bonds. The van der Waals surface area contributed by atoms with Gasteiger partial charge in [0.25, 0.3) is 5.91 Å². The molecule has 1 aliphatic heterocycles. The molecule has 2 aliphatic rings. The van der Waals surface area contributed by atoms with E-state index < -0.39 is 17.4 Å². The van der Waals surface area contributed by atoms with E-state index in [1.165, 1.54) is 0 Å². The summed E-state index contributed by atoms with van der Waals surface area (Å²) in [7, 11) is 0. The molecule has 1 heterocycles. The van der Waals surface area contributed by atoms with Crippen molar-refractivity contribution >= 4 is 29.0 Å². The van der Waals surface area contributed by atoms with Crippen molar-refractivity contribution in [2.45, 2.75) is 25.0 Å². The van der Waals surface area contributed by atoms with E-state index in [1.807, 2.05) is 42.5 Å². The molecular formula is C25H20ClNO3. The summed E-state index contributed by atoms with van der Waals surface area (Å²) in [6.45, 7) is 0.274. The van der Waals surface area contributed by atoms with Crippen molar-refractivity contribution in [3.05, 3.63) is 100 Å². The molecule has 0 spiro atoms. The van der Waals surface area contributed by atoms with Gasteiger partial charge < -0.3 is 10.0 Å². The summed E-state index contributed by atoms with van der Waals surface area (Å²) in [6, 6.07) is 21.9. The van der Waals surface area contributed by atoms with Crippen LogP contribution in [-0.4, -0.2) is 16.8 Å². The van der Waals surface area contributed by atoms with Gasteiger partial charge in [0.2, 0.25) is 0 Å². The number of fused-ring (bicyclic) bond motifs is 2. The molecule has 5 rings (SSSR count). The third kappa shape index (κ3) is 2.79. The van der Waals surface area contributed by atoms with E-state index in [-0.39, 0.29) is 12.3 Å². The zero-order valence-electron chi connectivity index (χ0n) is 16.2. The molecule has 0 aromatic heterocycles. The summed E-state index contributed by atoms with van der Waals surface area (Å²) in [5, 5.41) is 12.4. The maximum atomic E-state index is 13.6. The van der Waals surface area contributed by atoms with Crippen molar-refractivity contribution < 1.29 is 14.7 Å². The number of anilines is 1. The number of carbonyl (C=O) groups is 2. The van der Waals surface area contributed by atoms with E-state index in [1.54, 1.807) is 35.2 Å². The number of aryl methyl sites for hydroxylation is 1. The number of halogens is 1. The number of benzene rings is 3. The van der Waals surface area contributed by atoms with Crippen LogP contribution >= 0.6 is 11.6 Å². The van der Waals surface area contributed by atoms with Gasteiger partial charge in [-0.15, -0.1) is 0 Å². The number of nitrogens with zero attached hydrogens (tertiary/aromatic N) is 1. The fourth-order valence-electron chi connectivity index (χ4n) is 4.77. The minimum atomic E-state index is -1.88. The quantitative estimate of drug-likeness (QED) is 0.681. The maximum Gasteiger partial charge on any atom is 0.264 e. The van der Waals surface area contributed by atoms with Gasteiger partial charge in [0.15, 0.2) is 11.4 Å². The predicted molar refractivity (Wildman–Crippen MR) is 116 cm³/mol. The molecule has 150 valence electrons. The molecule has 0 saturated heterocycles. The van der Waals surface area contributed by atoms with Crippen LogP contribution in [0.4, 0.5) is 5.69 Å². The zero-order valence-corrected chi connectivity index (χ0v) is 17.0. The van der Waals surface area contributed by atoms with E-state index in [2.05, 4.69) is 0 Å². The predicted octanol–water partition coefficient (Wildman–Crippen LogP) is 4.52. The molecule has 0 unspecified atom stereocenters. The van der Waals surface area contributed by atoms with E-state index in [0.717, 1.165) is 11.1 Å². The summed E-state index contributed by atoms with van der Waals surface area (Å²) < 4.78 is 0. The highest BCUT2D eigenvalue weighted by Gasteiger charge is 2.57. The molecule has 0 bridgehead atoms. The molecule has 4 nitrogen and oxygen atoms in total. The molecule has 1 aliphatic carbocycles. The lowest BCUT2D eigenvalue weighted by molar-refractivity contribution is -0.140. The van der Waals surface area contributed by atoms with Gasteiger partial charge in [0.05, 0.1) is 18.2 Å². The summed E-state index contributed by atoms with van der Waals surface area (Å²) in [4.78, 5) is 28.5. The molecule has 0 saturated carbocycles. The number of ketones is 1. The number of amides is 1. The van der Waals surface area contributed by atoms with Gasteiger partial charge in [-0.25, -0.2) is 0 Å². The lowest BCUT2D eigenvalue weighted by atomic mass is 9.71. The third-order valence-corrected chi connectivity index (χ3v) is 6.45. The summed E-state index contributed by atoms with van der Waals surface area (Å²) in [5.74, 6) is -1.45. The molecule has 3 aromatic rings. The molecular weight excluding hydrogens is 398 g/mol. The standard InChI is InChI=1S/C25H20ClNO3/c26-18-8-5-6-16(14-18)15-27-22-11-4-3-10-20(22)25(30,24(27)29)21-13-12-17-7-1-2-9-19(17)23(21)28/h1-11,14,21,30H,12-13,15H2/t21-,25+/m0/s1. The first-order chi connectivity index (χ1) is 14.5. The summed E-state index contributed by atoms with van der Waals surface area (Å²) in [5.41, 5.74) is 1.68. The van der Waals surface area contributed by atoms with Crippen LogP contribution in [0.2, 0.25) is 5.02 Å². The second-order valence-corrected chi connectivity index (χ2v) is 8.35. The number of para-hydroxylation sites is 1. The largest absolute Gasteiger partial charge is 0.375 e. The fourth-order valence-corrected chi connectivity index (χ4v) is 4.98. The smallest absolute Gasteiger partial charge is 0.264 e. The van der Waals surface area contributed by atoms with Gasteiger partial charge in [-0.3, -0.25) is 9.59 Å². The van der Waals surface area contributed by atoms with Crippen molar-refractivity contribution in [3.8, 4) is 0 Å². The molecule has 0 fully saturated rings. The second-order valence-electron chi connectivity index (χ2n) is 7.92. The van der Waals surface area contributed by atoms with Crippen molar-refractivity contribution in [1.82, 2.24) is 0 Å². The second kappa shape index (κ2) is 7.08. The number of Topliss-reactive ketones (excluding diaryl/α,β-unsaturated/α-hetero) is 1. The number of carbonyl (C=O) groups excluding carboxylic acids is 2. The van der Waals surface area contributed by atoms with E-state index in [0.29, 0.717) is 34.7 Å². The molecule has 0 radical (unpaired) electrons. The van der Waals surface area contributed by atoms with Crippen LogP contribution < -0.4 is 4.90 Å². The molecule has 2 atom stereocenters. The molecule has 30 heavy (non-hydrogen) atoms. The van der Waals surface area contributed by atoms with Gasteiger partial charge in [0.1, 0.15) is 0 Å². The highest BCUT2D eigenvalue weighted by molar-refractivity contribution is 6.30. The average molecular weight is 418 g/mol. The number of hydrogen-bond acceptors (Lipinski definition) is 3. The monoisotopic (exact) mass is 417 g/mol. The Morgan fingerprint density at radius 3 is 2.60 bits per heavy atom. The Morgan fingerprint density at radius 2 is 1.77 bits per heavy atom. The lowest BCUT2D eigenvalue weighted by Crippen LogP contribution is -2.49. The molecule has 3 aromatic carbocycles. The van der Waals surface area contributed by atoms with Gasteiger partial charge in [-0.05, 0) is 42.2 Å².